The van der Waals surface area contributed by atoms with Crippen molar-refractivity contribution >= 4 is 10.9 Å². The van der Waals surface area contributed by atoms with Crippen molar-refractivity contribution in [1.29, 1.82) is 0 Å². The molecule has 0 fully saturated rings. The third-order valence-electron chi connectivity index (χ3n) is 3.40. The van der Waals surface area contributed by atoms with Crippen molar-refractivity contribution in [3.63, 3.8) is 0 Å². The molecule has 0 aliphatic carbocycles. The van der Waals surface area contributed by atoms with Gasteiger partial charge in [-0.3, -0.25) is 4.79 Å². The summed E-state index contributed by atoms with van der Waals surface area (Å²) in [7, 11) is 0. The summed E-state index contributed by atoms with van der Waals surface area (Å²) in [6, 6.07) is 9.76. The molecule has 2 aromatic rings. The van der Waals surface area contributed by atoms with Gasteiger partial charge in [-0.1, -0.05) is 31.5 Å². The van der Waals surface area contributed by atoms with E-state index in [0.717, 1.165) is 30.4 Å². The third-order valence-corrected chi connectivity index (χ3v) is 3.40. The molecule has 0 unspecified atom stereocenters. The summed E-state index contributed by atoms with van der Waals surface area (Å²) in [6.45, 7) is 4.26. The summed E-state index contributed by atoms with van der Waals surface area (Å²) in [4.78, 5) is 12.4. The minimum Gasteiger partial charge on any atom is -0.380 e. The van der Waals surface area contributed by atoms with Crippen LogP contribution in [0.25, 0.3) is 10.9 Å². The van der Waals surface area contributed by atoms with Gasteiger partial charge < -0.3 is 15.0 Å². The van der Waals surface area contributed by atoms with Crippen LogP contribution in [0.5, 0.6) is 0 Å². The first-order valence-corrected chi connectivity index (χ1v) is 7.17. The molecule has 108 valence electrons. The second kappa shape index (κ2) is 7.22. The number of nitrogens with two attached hydrogens (primary N) is 1. The van der Waals surface area contributed by atoms with Gasteiger partial charge in [0.2, 0.25) is 0 Å². The Hall–Kier alpha value is -1.65. The number of pyridine rings is 1. The van der Waals surface area contributed by atoms with E-state index in [2.05, 4.69) is 6.92 Å². The quantitative estimate of drug-likeness (QED) is 0.788. The molecule has 0 bridgehead atoms. The number of rotatable bonds is 7. The molecule has 20 heavy (non-hydrogen) atoms. The molecule has 1 aromatic carbocycles. The summed E-state index contributed by atoms with van der Waals surface area (Å²) in [5, 5.41) is 1.04. The Kier molecular flexibility index (Phi) is 5.32. The van der Waals surface area contributed by atoms with Crippen molar-refractivity contribution in [2.75, 3.05) is 13.2 Å². The van der Waals surface area contributed by atoms with Gasteiger partial charge in [0.1, 0.15) is 0 Å². The first kappa shape index (κ1) is 14.8. The van der Waals surface area contributed by atoms with E-state index in [4.69, 9.17) is 10.5 Å². The van der Waals surface area contributed by atoms with Gasteiger partial charge in [0.05, 0.1) is 12.1 Å². The molecular formula is C16H22N2O2. The van der Waals surface area contributed by atoms with Gasteiger partial charge in [-0.15, -0.1) is 0 Å². The Bertz CT molecular complexity index is 619. The highest BCUT2D eigenvalue weighted by Gasteiger charge is 2.07. The van der Waals surface area contributed by atoms with E-state index in [1.54, 1.807) is 4.57 Å². The standard InChI is InChI=1S/C16H22N2O2/c1-2-3-9-20-10-8-18-15-7-5-4-6-13(15)11-14(12-17)16(18)19/h4-7,11H,2-3,8-10,12,17H2,1H3. The van der Waals surface area contributed by atoms with Crippen LogP contribution in [0.15, 0.2) is 35.1 Å². The Labute approximate surface area is 119 Å². The van der Waals surface area contributed by atoms with Crippen molar-refractivity contribution in [1.82, 2.24) is 4.57 Å². The SMILES string of the molecule is CCCCOCCn1c(=O)c(CN)cc2ccccc21. The number of hydrogen-bond acceptors (Lipinski definition) is 3. The molecule has 0 aliphatic rings. The fraction of sp³-hybridized carbons (Fsp3) is 0.438. The largest absolute Gasteiger partial charge is 0.380 e. The molecule has 0 radical (unpaired) electrons. The smallest absolute Gasteiger partial charge is 0.255 e. The fourth-order valence-electron chi connectivity index (χ4n) is 2.26. The van der Waals surface area contributed by atoms with Crippen LogP contribution in [-0.4, -0.2) is 17.8 Å². The molecule has 2 rings (SSSR count). The topological polar surface area (TPSA) is 57.2 Å². The van der Waals surface area contributed by atoms with Gasteiger partial charge in [-0.2, -0.15) is 0 Å². The number of ether oxygens (including phenoxy) is 1. The van der Waals surface area contributed by atoms with E-state index < -0.39 is 0 Å². The monoisotopic (exact) mass is 274 g/mol. The summed E-state index contributed by atoms with van der Waals surface area (Å²) < 4.78 is 7.33. The van der Waals surface area contributed by atoms with Crippen molar-refractivity contribution in [2.24, 2.45) is 5.73 Å². The minimum absolute atomic E-state index is 0.00899. The molecule has 4 heteroatoms. The van der Waals surface area contributed by atoms with E-state index in [1.165, 1.54) is 0 Å². The molecule has 0 saturated heterocycles. The number of para-hydroxylation sites is 1. The van der Waals surface area contributed by atoms with Crippen molar-refractivity contribution in [2.45, 2.75) is 32.9 Å². The zero-order valence-corrected chi connectivity index (χ0v) is 12.0. The predicted molar refractivity (Wildman–Crippen MR) is 81.8 cm³/mol. The second-order valence-electron chi connectivity index (χ2n) is 4.86. The van der Waals surface area contributed by atoms with Gasteiger partial charge in [-0.05, 0) is 23.9 Å². The Morgan fingerprint density at radius 1 is 1.25 bits per heavy atom. The van der Waals surface area contributed by atoms with Crippen LogP contribution in [0, 0.1) is 0 Å². The van der Waals surface area contributed by atoms with Gasteiger partial charge in [0.25, 0.3) is 5.56 Å². The second-order valence-corrected chi connectivity index (χ2v) is 4.86. The fourth-order valence-corrected chi connectivity index (χ4v) is 2.26. The molecule has 2 N–H and O–H groups in total. The molecular weight excluding hydrogens is 252 g/mol. The van der Waals surface area contributed by atoms with Crippen LogP contribution in [0.3, 0.4) is 0 Å². The van der Waals surface area contributed by atoms with Gasteiger partial charge in [0, 0.05) is 25.3 Å². The minimum atomic E-state index is -0.00899. The van der Waals surface area contributed by atoms with E-state index >= 15 is 0 Å². The van der Waals surface area contributed by atoms with Crippen LogP contribution < -0.4 is 11.3 Å². The number of unbranched alkanes of at least 4 members (excludes halogenated alkanes) is 1. The van der Waals surface area contributed by atoms with E-state index in [9.17, 15) is 4.79 Å². The molecule has 0 saturated carbocycles. The molecule has 0 aliphatic heterocycles. The lowest BCUT2D eigenvalue weighted by molar-refractivity contribution is 0.123. The molecule has 4 nitrogen and oxygen atoms in total. The molecule has 0 amide bonds. The normalized spacial score (nSPS) is 11.1. The summed E-state index contributed by atoms with van der Waals surface area (Å²) in [6.07, 6.45) is 2.17. The Morgan fingerprint density at radius 3 is 2.80 bits per heavy atom. The van der Waals surface area contributed by atoms with Crippen molar-refractivity contribution in [3.05, 3.63) is 46.2 Å². The number of hydrogen-bond donors (Lipinski definition) is 1. The first-order chi connectivity index (χ1) is 9.77. The van der Waals surface area contributed by atoms with Gasteiger partial charge >= 0.3 is 0 Å². The lowest BCUT2D eigenvalue weighted by atomic mass is 10.1. The predicted octanol–water partition coefficient (Wildman–Crippen LogP) is 2.28. The number of fused-ring (bicyclic) bond motifs is 1. The maximum atomic E-state index is 12.4. The van der Waals surface area contributed by atoms with E-state index in [-0.39, 0.29) is 12.1 Å². The average Bonchev–Trinajstić information content (AvgIpc) is 2.48. The highest BCUT2D eigenvalue weighted by molar-refractivity contribution is 5.79. The lowest BCUT2D eigenvalue weighted by Crippen LogP contribution is -2.27. The summed E-state index contributed by atoms with van der Waals surface area (Å²) in [5.74, 6) is 0. The van der Waals surface area contributed by atoms with Crippen LogP contribution in [0.1, 0.15) is 25.3 Å². The number of nitrogens with zero attached hydrogens (tertiary/aromatic N) is 1. The molecule has 1 heterocycles. The van der Waals surface area contributed by atoms with E-state index in [1.807, 2.05) is 30.3 Å². The van der Waals surface area contributed by atoms with Gasteiger partial charge in [-0.25, -0.2) is 0 Å². The molecule has 0 spiro atoms. The van der Waals surface area contributed by atoms with E-state index in [0.29, 0.717) is 18.7 Å². The van der Waals surface area contributed by atoms with Crippen LogP contribution in [-0.2, 0) is 17.8 Å². The lowest BCUT2D eigenvalue weighted by Gasteiger charge is -2.12. The average molecular weight is 274 g/mol. The highest BCUT2D eigenvalue weighted by atomic mass is 16.5. The third kappa shape index (κ3) is 3.26. The highest BCUT2D eigenvalue weighted by Crippen LogP contribution is 2.13. The first-order valence-electron chi connectivity index (χ1n) is 7.17. The maximum absolute atomic E-state index is 12.4. The van der Waals surface area contributed by atoms with Crippen molar-refractivity contribution in [3.8, 4) is 0 Å². The molecule has 0 atom stereocenters. The Morgan fingerprint density at radius 2 is 2.05 bits per heavy atom. The maximum Gasteiger partial charge on any atom is 0.255 e. The zero-order chi connectivity index (χ0) is 14.4. The van der Waals surface area contributed by atoms with Gasteiger partial charge in [0.15, 0.2) is 0 Å². The zero-order valence-electron chi connectivity index (χ0n) is 12.0. The number of aromatic nitrogens is 1. The van der Waals surface area contributed by atoms with Crippen LogP contribution in [0.4, 0.5) is 0 Å². The van der Waals surface area contributed by atoms with Crippen LogP contribution >= 0.6 is 0 Å². The number of benzene rings is 1. The van der Waals surface area contributed by atoms with Crippen LogP contribution in [0.2, 0.25) is 0 Å². The molecule has 1 aromatic heterocycles. The summed E-state index contributed by atoms with van der Waals surface area (Å²) in [5.41, 5.74) is 7.24. The Balaban J connectivity index is 2.25. The summed E-state index contributed by atoms with van der Waals surface area (Å²) >= 11 is 0. The van der Waals surface area contributed by atoms with Crippen molar-refractivity contribution < 1.29 is 4.74 Å².